The van der Waals surface area contributed by atoms with Gasteiger partial charge < -0.3 is 24.8 Å². The maximum Gasteiger partial charge on any atom is 0.407 e. The number of fused-ring (bicyclic) bond motifs is 3. The zero-order valence-electron chi connectivity index (χ0n) is 19.9. The summed E-state index contributed by atoms with van der Waals surface area (Å²) >= 11 is 0. The second kappa shape index (κ2) is 11.4. The fourth-order valence-corrected chi connectivity index (χ4v) is 5.07. The minimum absolute atomic E-state index is 0.0358. The van der Waals surface area contributed by atoms with Crippen molar-refractivity contribution >= 4 is 18.0 Å². The number of alkyl carbamates (subject to hydrolysis) is 1. The zero-order chi connectivity index (χ0) is 24.8. The van der Waals surface area contributed by atoms with Crippen molar-refractivity contribution in [3.05, 3.63) is 59.7 Å². The molecular weight excluding hydrogens is 448 g/mol. The summed E-state index contributed by atoms with van der Waals surface area (Å²) in [6.07, 6.45) is 0.616. The second-order valence-electron chi connectivity index (χ2n) is 9.05. The van der Waals surface area contributed by atoms with E-state index in [0.29, 0.717) is 19.6 Å². The number of carbonyl (C=O) groups excluding carboxylic acids is 2. The van der Waals surface area contributed by atoms with Gasteiger partial charge >= 0.3 is 12.1 Å². The molecular formula is C27H32N2O6. The van der Waals surface area contributed by atoms with Crippen molar-refractivity contribution in [2.45, 2.75) is 38.1 Å². The van der Waals surface area contributed by atoms with Crippen LogP contribution in [0.3, 0.4) is 0 Å². The summed E-state index contributed by atoms with van der Waals surface area (Å²) in [5, 5.41) is 11.9. The van der Waals surface area contributed by atoms with E-state index in [-0.39, 0.29) is 38.0 Å². The number of nitrogens with one attached hydrogen (secondary N) is 1. The van der Waals surface area contributed by atoms with Crippen molar-refractivity contribution in [1.82, 2.24) is 10.2 Å². The van der Waals surface area contributed by atoms with E-state index in [9.17, 15) is 19.5 Å². The monoisotopic (exact) mass is 480 g/mol. The highest BCUT2D eigenvalue weighted by atomic mass is 16.5. The van der Waals surface area contributed by atoms with Gasteiger partial charge in [-0.25, -0.2) is 4.79 Å². The molecule has 0 saturated carbocycles. The van der Waals surface area contributed by atoms with Crippen molar-refractivity contribution in [2.75, 3.05) is 32.9 Å². The molecule has 0 radical (unpaired) electrons. The number of carbonyl (C=O) groups is 3. The molecule has 4 rings (SSSR count). The first-order valence-corrected chi connectivity index (χ1v) is 12.2. The molecule has 0 aromatic heterocycles. The number of aliphatic carboxylic acids is 1. The molecule has 2 aromatic carbocycles. The lowest BCUT2D eigenvalue weighted by Crippen LogP contribution is -2.53. The molecule has 1 aliphatic heterocycles. The summed E-state index contributed by atoms with van der Waals surface area (Å²) in [5.41, 5.74) is 4.59. The number of morpholine rings is 1. The third-order valence-corrected chi connectivity index (χ3v) is 6.74. The summed E-state index contributed by atoms with van der Waals surface area (Å²) in [4.78, 5) is 38.6. The molecule has 1 saturated heterocycles. The van der Waals surface area contributed by atoms with Gasteiger partial charge in [0, 0.05) is 19.0 Å². The molecule has 1 aliphatic carbocycles. The molecule has 2 aromatic rings. The van der Waals surface area contributed by atoms with Gasteiger partial charge in [-0.15, -0.1) is 0 Å². The van der Waals surface area contributed by atoms with Crippen molar-refractivity contribution in [1.29, 1.82) is 0 Å². The third kappa shape index (κ3) is 5.65. The second-order valence-corrected chi connectivity index (χ2v) is 9.05. The molecule has 8 nitrogen and oxygen atoms in total. The maximum atomic E-state index is 13.2. The Morgan fingerprint density at radius 2 is 1.77 bits per heavy atom. The zero-order valence-corrected chi connectivity index (χ0v) is 19.9. The number of carboxylic acids is 1. The van der Waals surface area contributed by atoms with Crippen LogP contribution in [0, 0.1) is 5.92 Å². The molecule has 186 valence electrons. The van der Waals surface area contributed by atoms with Crippen LogP contribution in [0.25, 0.3) is 11.1 Å². The van der Waals surface area contributed by atoms with Gasteiger partial charge in [-0.1, -0.05) is 61.9 Å². The van der Waals surface area contributed by atoms with Gasteiger partial charge in [0.2, 0.25) is 5.91 Å². The van der Waals surface area contributed by atoms with E-state index in [4.69, 9.17) is 9.47 Å². The van der Waals surface area contributed by atoms with E-state index in [2.05, 4.69) is 29.6 Å². The summed E-state index contributed by atoms with van der Waals surface area (Å²) in [7, 11) is 0. The Morgan fingerprint density at radius 1 is 1.11 bits per heavy atom. The number of hydrogen-bond acceptors (Lipinski definition) is 5. The molecule has 35 heavy (non-hydrogen) atoms. The van der Waals surface area contributed by atoms with Crippen molar-refractivity contribution in [2.24, 2.45) is 5.92 Å². The van der Waals surface area contributed by atoms with Gasteiger partial charge in [0.15, 0.2) is 0 Å². The molecule has 2 N–H and O–H groups in total. The minimum Gasteiger partial charge on any atom is -0.481 e. The lowest BCUT2D eigenvalue weighted by Gasteiger charge is -2.37. The van der Waals surface area contributed by atoms with Gasteiger partial charge in [0.25, 0.3) is 0 Å². The molecule has 2 atom stereocenters. The van der Waals surface area contributed by atoms with Crippen LogP contribution in [0.15, 0.2) is 48.5 Å². The molecule has 0 spiro atoms. The first-order valence-electron chi connectivity index (χ1n) is 12.2. The van der Waals surface area contributed by atoms with E-state index in [1.165, 1.54) is 0 Å². The van der Waals surface area contributed by atoms with Crippen LogP contribution in [0.4, 0.5) is 4.79 Å². The molecule has 1 fully saturated rings. The highest BCUT2D eigenvalue weighted by Crippen LogP contribution is 2.44. The summed E-state index contributed by atoms with van der Waals surface area (Å²) < 4.78 is 11.0. The normalized spacial score (nSPS) is 17.9. The standard InChI is InChI=1S/C27H32N2O6/c1-2-7-18(26(32)29-12-13-34-16-19(29)14-25(30)31)15-28-27(33)35-17-24-22-10-5-3-8-20(22)21-9-4-6-11-23(21)24/h3-6,8-11,18-19,24H,2,7,12-17H2,1H3,(H,28,33)(H,30,31). The molecule has 1 heterocycles. The topological polar surface area (TPSA) is 105 Å². The van der Waals surface area contributed by atoms with Gasteiger partial charge in [0.1, 0.15) is 6.61 Å². The minimum atomic E-state index is -0.970. The number of benzene rings is 2. The Morgan fingerprint density at radius 3 is 2.40 bits per heavy atom. The number of ether oxygens (including phenoxy) is 2. The van der Waals surface area contributed by atoms with E-state index in [0.717, 1.165) is 28.7 Å². The average Bonchev–Trinajstić information content (AvgIpc) is 3.18. The van der Waals surface area contributed by atoms with E-state index in [1.54, 1.807) is 4.90 Å². The molecule has 8 heteroatoms. The van der Waals surface area contributed by atoms with E-state index in [1.807, 2.05) is 31.2 Å². The van der Waals surface area contributed by atoms with Crippen LogP contribution >= 0.6 is 0 Å². The quantitative estimate of drug-likeness (QED) is 0.568. The van der Waals surface area contributed by atoms with Gasteiger partial charge in [-0.2, -0.15) is 0 Å². The molecule has 0 bridgehead atoms. The Hall–Kier alpha value is -3.39. The van der Waals surface area contributed by atoms with Gasteiger partial charge in [-0.05, 0) is 28.7 Å². The number of nitrogens with zero attached hydrogens (tertiary/aromatic N) is 1. The van der Waals surface area contributed by atoms with Crippen molar-refractivity contribution in [3.8, 4) is 11.1 Å². The summed E-state index contributed by atoms with van der Waals surface area (Å²) in [6.45, 7) is 3.25. The van der Waals surface area contributed by atoms with Crippen LogP contribution in [0.1, 0.15) is 43.2 Å². The average molecular weight is 481 g/mol. The van der Waals surface area contributed by atoms with Gasteiger partial charge in [-0.3, -0.25) is 9.59 Å². The maximum absolute atomic E-state index is 13.2. The fourth-order valence-electron chi connectivity index (χ4n) is 5.07. The number of amides is 2. The molecule has 2 aliphatic rings. The van der Waals surface area contributed by atoms with E-state index >= 15 is 0 Å². The highest BCUT2D eigenvalue weighted by molar-refractivity contribution is 5.81. The fraction of sp³-hybridized carbons (Fsp3) is 0.444. The predicted molar refractivity (Wildman–Crippen MR) is 130 cm³/mol. The SMILES string of the molecule is CCCC(CNC(=O)OCC1c2ccccc2-c2ccccc21)C(=O)N1CCOCC1CC(=O)O. The third-order valence-electron chi connectivity index (χ3n) is 6.74. The van der Waals surface area contributed by atoms with Crippen LogP contribution in [0.5, 0.6) is 0 Å². The number of hydrogen-bond donors (Lipinski definition) is 2. The Labute approximate surface area is 205 Å². The van der Waals surface area contributed by atoms with Crippen LogP contribution in [-0.2, 0) is 19.1 Å². The number of rotatable bonds is 9. The highest BCUT2D eigenvalue weighted by Gasteiger charge is 2.33. The first-order chi connectivity index (χ1) is 17.0. The Kier molecular flexibility index (Phi) is 8.02. The predicted octanol–water partition coefficient (Wildman–Crippen LogP) is 3.64. The Bertz CT molecular complexity index is 1030. The molecule has 2 unspecified atom stereocenters. The van der Waals surface area contributed by atoms with Crippen molar-refractivity contribution in [3.63, 3.8) is 0 Å². The smallest absolute Gasteiger partial charge is 0.407 e. The largest absolute Gasteiger partial charge is 0.481 e. The molecule has 2 amide bonds. The van der Waals surface area contributed by atoms with Crippen LogP contribution in [-0.4, -0.2) is 66.9 Å². The van der Waals surface area contributed by atoms with Crippen molar-refractivity contribution < 1.29 is 29.0 Å². The van der Waals surface area contributed by atoms with Crippen LogP contribution < -0.4 is 5.32 Å². The first kappa shape index (κ1) is 24.7. The van der Waals surface area contributed by atoms with E-state index < -0.39 is 24.0 Å². The van der Waals surface area contributed by atoms with Crippen LogP contribution in [0.2, 0.25) is 0 Å². The Balaban J connectivity index is 1.35. The number of carboxylic acid groups (broad SMARTS) is 1. The van der Waals surface area contributed by atoms with Gasteiger partial charge in [0.05, 0.1) is 31.6 Å². The summed E-state index contributed by atoms with van der Waals surface area (Å²) in [5.74, 6) is -1.61. The summed E-state index contributed by atoms with van der Waals surface area (Å²) in [6, 6.07) is 15.8. The lowest BCUT2D eigenvalue weighted by atomic mass is 9.98. The lowest BCUT2D eigenvalue weighted by molar-refractivity contribution is -0.149.